The fraction of sp³-hybridized carbons (Fsp3) is 0.280. The summed E-state index contributed by atoms with van der Waals surface area (Å²) in [6.07, 6.45) is 4.65. The Hall–Kier alpha value is -2.31. The lowest BCUT2D eigenvalue weighted by atomic mass is 10.0. The third kappa shape index (κ3) is 4.37. The van der Waals surface area contributed by atoms with Gasteiger partial charge in [-0.15, -0.1) is 11.3 Å². The van der Waals surface area contributed by atoms with E-state index < -0.39 is 6.10 Å². The summed E-state index contributed by atoms with van der Waals surface area (Å²) < 4.78 is 7.19. The van der Waals surface area contributed by atoms with E-state index in [1.165, 1.54) is 20.5 Å². The molecule has 31 heavy (non-hydrogen) atoms. The summed E-state index contributed by atoms with van der Waals surface area (Å²) in [4.78, 5) is 6.82. The highest BCUT2D eigenvalue weighted by molar-refractivity contribution is 7.20. The number of aliphatic hydroxyl groups excluding tert-OH is 1. The first-order valence-electron chi connectivity index (χ1n) is 10.6. The smallest absolute Gasteiger partial charge is 0.128 e. The number of thiophene rings is 1. The van der Waals surface area contributed by atoms with Gasteiger partial charge < -0.3 is 14.8 Å². The van der Waals surface area contributed by atoms with Gasteiger partial charge in [-0.1, -0.05) is 23.7 Å². The molecule has 6 heteroatoms. The summed E-state index contributed by atoms with van der Waals surface area (Å²) in [7, 11) is 0. The normalized spacial score (nSPS) is 18.4. The molecule has 2 N–H and O–H groups in total. The van der Waals surface area contributed by atoms with E-state index >= 15 is 0 Å². The lowest BCUT2D eigenvalue weighted by Crippen LogP contribution is -2.42. The molecule has 3 heterocycles. The van der Waals surface area contributed by atoms with Gasteiger partial charge in [-0.25, -0.2) is 0 Å². The molecule has 2 aromatic carbocycles. The maximum atomic E-state index is 10.6. The number of aromatic nitrogens is 1. The highest BCUT2D eigenvalue weighted by Crippen LogP contribution is 2.35. The minimum Gasteiger partial charge on any atom is -0.490 e. The first-order valence-corrected chi connectivity index (χ1v) is 11.8. The van der Waals surface area contributed by atoms with Crippen LogP contribution in [-0.2, 0) is 0 Å². The molecule has 2 aromatic heterocycles. The van der Waals surface area contributed by atoms with E-state index in [4.69, 9.17) is 16.3 Å². The highest BCUT2D eigenvalue weighted by Gasteiger charge is 2.23. The molecule has 0 saturated carbocycles. The molecule has 0 bridgehead atoms. The predicted molar refractivity (Wildman–Crippen MR) is 130 cm³/mol. The number of rotatable bonds is 6. The fourth-order valence-corrected chi connectivity index (χ4v) is 5.55. The van der Waals surface area contributed by atoms with E-state index in [1.54, 1.807) is 0 Å². The van der Waals surface area contributed by atoms with Gasteiger partial charge in [0.15, 0.2) is 0 Å². The van der Waals surface area contributed by atoms with Crippen molar-refractivity contribution in [2.24, 2.45) is 0 Å². The zero-order chi connectivity index (χ0) is 21.4. The highest BCUT2D eigenvalue weighted by atomic mass is 35.5. The molecule has 4 nitrogen and oxygen atoms in total. The Morgan fingerprint density at radius 3 is 3.03 bits per heavy atom. The molecule has 0 fully saturated rings. The lowest BCUT2D eigenvalue weighted by Gasteiger charge is -2.33. The Bertz CT molecular complexity index is 1240. The van der Waals surface area contributed by atoms with Gasteiger partial charge >= 0.3 is 0 Å². The van der Waals surface area contributed by atoms with Crippen molar-refractivity contribution in [1.29, 1.82) is 0 Å². The maximum absolute atomic E-state index is 10.6. The fourth-order valence-electron chi connectivity index (χ4n) is 4.27. The molecule has 1 aliphatic heterocycles. The van der Waals surface area contributed by atoms with Crippen LogP contribution >= 0.6 is 22.9 Å². The van der Waals surface area contributed by atoms with Crippen LogP contribution in [0.1, 0.15) is 18.2 Å². The summed E-state index contributed by atoms with van der Waals surface area (Å²) in [5.74, 6) is 0.802. The Morgan fingerprint density at radius 1 is 1.26 bits per heavy atom. The van der Waals surface area contributed by atoms with E-state index in [1.807, 2.05) is 53.9 Å². The summed E-state index contributed by atoms with van der Waals surface area (Å²) >= 11 is 7.96. The number of nitrogens with one attached hydrogen (secondary N) is 1. The summed E-state index contributed by atoms with van der Waals surface area (Å²) in [6.45, 7) is 3.99. The minimum atomic E-state index is -0.543. The van der Waals surface area contributed by atoms with Crippen molar-refractivity contribution >= 4 is 49.5 Å². The van der Waals surface area contributed by atoms with Gasteiger partial charge in [0.05, 0.1) is 0 Å². The zero-order valence-corrected chi connectivity index (χ0v) is 18.9. The van der Waals surface area contributed by atoms with Crippen molar-refractivity contribution in [1.82, 2.24) is 9.88 Å². The third-order valence-corrected chi connectivity index (χ3v) is 7.34. The molecule has 1 aliphatic rings. The monoisotopic (exact) mass is 452 g/mol. The van der Waals surface area contributed by atoms with Crippen LogP contribution in [0.3, 0.4) is 0 Å². The Balaban J connectivity index is 1.21. The van der Waals surface area contributed by atoms with E-state index in [0.29, 0.717) is 6.54 Å². The number of aromatic amines is 1. The molecular weight excluding hydrogens is 428 g/mol. The van der Waals surface area contributed by atoms with E-state index in [-0.39, 0.29) is 12.6 Å². The third-order valence-electron chi connectivity index (χ3n) is 5.91. The molecule has 4 aromatic rings. The van der Waals surface area contributed by atoms with Crippen LogP contribution in [0.5, 0.6) is 5.75 Å². The standard InChI is InChI=1S/C25H25ClN2O2S/c1-16-11-17(25-13-18-12-19(26)5-6-24(18)31-25)8-10-28(16)14-20(29)15-30-23-4-2-3-22-21(23)7-9-27-22/h2-7,9,11-13,16,20,27,29H,8,10,14-15H2,1H3/t16?,20-/m0/s1. The van der Waals surface area contributed by atoms with Crippen molar-refractivity contribution in [2.75, 3.05) is 19.7 Å². The van der Waals surface area contributed by atoms with Gasteiger partial charge in [0.25, 0.3) is 0 Å². The van der Waals surface area contributed by atoms with E-state index in [9.17, 15) is 5.11 Å². The molecule has 0 saturated heterocycles. The minimum absolute atomic E-state index is 0.264. The molecule has 0 spiro atoms. The largest absolute Gasteiger partial charge is 0.490 e. The van der Waals surface area contributed by atoms with Gasteiger partial charge in [0, 0.05) is 50.8 Å². The number of fused-ring (bicyclic) bond motifs is 2. The second-order valence-electron chi connectivity index (χ2n) is 8.13. The van der Waals surface area contributed by atoms with Crippen LogP contribution in [0, 0.1) is 0 Å². The van der Waals surface area contributed by atoms with Crippen molar-refractivity contribution in [3.05, 3.63) is 70.7 Å². The number of hydrogen-bond donors (Lipinski definition) is 2. The molecular formula is C25H25ClN2O2S. The second-order valence-corrected chi connectivity index (χ2v) is 9.65. The second kappa shape index (κ2) is 8.67. The molecule has 0 radical (unpaired) electrons. The number of hydrogen-bond acceptors (Lipinski definition) is 4. The number of ether oxygens (including phenoxy) is 1. The summed E-state index contributed by atoms with van der Waals surface area (Å²) in [5, 5.41) is 13.6. The summed E-state index contributed by atoms with van der Waals surface area (Å²) in [5.41, 5.74) is 2.42. The number of aliphatic hydroxyl groups is 1. The molecule has 2 atom stereocenters. The Kier molecular flexibility index (Phi) is 5.76. The van der Waals surface area contributed by atoms with Gasteiger partial charge in [0.2, 0.25) is 0 Å². The van der Waals surface area contributed by atoms with Crippen LogP contribution in [0.4, 0.5) is 0 Å². The Morgan fingerprint density at radius 2 is 2.16 bits per heavy atom. The SMILES string of the molecule is CC1C=C(c2cc3cc(Cl)ccc3s2)CCN1C[C@H](O)COc1cccc2[nH]ccc12. The van der Waals surface area contributed by atoms with Crippen molar-refractivity contribution in [2.45, 2.75) is 25.5 Å². The van der Waals surface area contributed by atoms with Gasteiger partial charge in [-0.05, 0) is 66.8 Å². The topological polar surface area (TPSA) is 48.5 Å². The number of benzene rings is 2. The first-order chi connectivity index (χ1) is 15.1. The molecule has 1 unspecified atom stereocenters. The Labute approximate surface area is 190 Å². The average Bonchev–Trinajstić information content (AvgIpc) is 3.40. The van der Waals surface area contributed by atoms with Gasteiger partial charge in [0.1, 0.15) is 18.5 Å². The number of β-amino-alcohol motifs (C(OH)–C–C–N with tert-alkyl or cyclic N) is 1. The zero-order valence-electron chi connectivity index (χ0n) is 17.3. The number of H-pyrrole nitrogens is 1. The van der Waals surface area contributed by atoms with Gasteiger partial charge in [-0.3, -0.25) is 4.90 Å². The van der Waals surface area contributed by atoms with Gasteiger partial charge in [-0.2, -0.15) is 0 Å². The van der Waals surface area contributed by atoms with E-state index in [2.05, 4.69) is 35.0 Å². The van der Waals surface area contributed by atoms with Crippen LogP contribution in [0.2, 0.25) is 5.02 Å². The molecule has 0 amide bonds. The van der Waals surface area contributed by atoms with Crippen LogP contribution in [0.15, 0.2) is 60.8 Å². The average molecular weight is 453 g/mol. The predicted octanol–water partition coefficient (Wildman–Crippen LogP) is 5.95. The maximum Gasteiger partial charge on any atom is 0.128 e. The van der Waals surface area contributed by atoms with Crippen LogP contribution in [0.25, 0.3) is 26.6 Å². The molecule has 160 valence electrons. The number of halogens is 1. The quantitative estimate of drug-likeness (QED) is 0.380. The van der Waals surface area contributed by atoms with Crippen molar-refractivity contribution in [3.63, 3.8) is 0 Å². The molecule has 5 rings (SSSR count). The van der Waals surface area contributed by atoms with Crippen LogP contribution < -0.4 is 4.74 Å². The van der Waals surface area contributed by atoms with Crippen molar-refractivity contribution < 1.29 is 9.84 Å². The van der Waals surface area contributed by atoms with Crippen molar-refractivity contribution in [3.8, 4) is 5.75 Å². The number of nitrogens with zero attached hydrogens (tertiary/aromatic N) is 1. The lowest BCUT2D eigenvalue weighted by molar-refractivity contribution is 0.0613. The van der Waals surface area contributed by atoms with E-state index in [0.717, 1.165) is 34.6 Å². The molecule has 0 aliphatic carbocycles. The summed E-state index contributed by atoms with van der Waals surface area (Å²) in [6, 6.07) is 16.5. The van der Waals surface area contributed by atoms with Crippen LogP contribution in [-0.4, -0.2) is 46.8 Å². The first kappa shape index (κ1) is 20.6.